The van der Waals surface area contributed by atoms with Crippen molar-refractivity contribution < 1.29 is 9.53 Å². The summed E-state index contributed by atoms with van der Waals surface area (Å²) in [5.41, 5.74) is 2.45. The Kier molecular flexibility index (Phi) is 5.71. The average Bonchev–Trinajstić information content (AvgIpc) is 3.17. The largest absolute Gasteiger partial charge is 0.483 e. The summed E-state index contributed by atoms with van der Waals surface area (Å²) in [5.74, 6) is 1.24. The fourth-order valence-electron chi connectivity index (χ4n) is 2.51. The highest BCUT2D eigenvalue weighted by Crippen LogP contribution is 2.32. The molecule has 1 N–H and O–H groups in total. The van der Waals surface area contributed by atoms with E-state index in [-0.39, 0.29) is 18.4 Å². The lowest BCUT2D eigenvalue weighted by Crippen LogP contribution is -2.20. The van der Waals surface area contributed by atoms with Gasteiger partial charge in [0.05, 0.1) is 11.9 Å². The van der Waals surface area contributed by atoms with E-state index in [1.807, 2.05) is 19.1 Å². The number of anilines is 1. The number of carbonyl (C=O) groups excluding carboxylic acids is 1. The summed E-state index contributed by atoms with van der Waals surface area (Å²) in [7, 11) is 0. The number of hydrogen-bond donors (Lipinski definition) is 1. The number of rotatable bonds is 6. The molecule has 27 heavy (non-hydrogen) atoms. The fraction of sp³-hybridized carbons (Fsp3) is 0.263. The third-order valence-electron chi connectivity index (χ3n) is 3.96. The molecule has 0 spiro atoms. The fourth-order valence-corrected chi connectivity index (χ4v) is 2.68. The lowest BCUT2D eigenvalue weighted by Gasteiger charge is -2.16. The molecule has 0 aliphatic heterocycles. The van der Waals surface area contributed by atoms with Gasteiger partial charge in [0.25, 0.3) is 5.91 Å². The standard InChI is InChI=1S/C19H20ClN5O2/c1-12(2)15-7-16(20)13(3)6-17(15)27-9-19(26)24-14-4-5-18(22-8-14)25-11-21-10-23-25/h4-8,10-12H,9H2,1-3H3,(H,24,26). The second-order valence-corrected chi connectivity index (χ2v) is 6.78. The molecule has 3 rings (SSSR count). The summed E-state index contributed by atoms with van der Waals surface area (Å²) in [6, 6.07) is 7.24. The predicted molar refractivity (Wildman–Crippen MR) is 104 cm³/mol. The molecular weight excluding hydrogens is 366 g/mol. The SMILES string of the molecule is Cc1cc(OCC(=O)Nc2ccc(-n3cncn3)nc2)c(C(C)C)cc1Cl. The lowest BCUT2D eigenvalue weighted by atomic mass is 10.0. The summed E-state index contributed by atoms with van der Waals surface area (Å²) < 4.78 is 7.27. The molecule has 0 aliphatic carbocycles. The van der Waals surface area contributed by atoms with Gasteiger partial charge >= 0.3 is 0 Å². The molecule has 0 saturated heterocycles. The lowest BCUT2D eigenvalue weighted by molar-refractivity contribution is -0.118. The molecule has 0 fully saturated rings. The summed E-state index contributed by atoms with van der Waals surface area (Å²) in [6.45, 7) is 5.90. The molecule has 0 atom stereocenters. The smallest absolute Gasteiger partial charge is 0.262 e. The van der Waals surface area contributed by atoms with Crippen molar-refractivity contribution in [3.63, 3.8) is 0 Å². The molecule has 0 aliphatic rings. The maximum atomic E-state index is 12.2. The zero-order chi connectivity index (χ0) is 19.4. The van der Waals surface area contributed by atoms with Crippen molar-refractivity contribution in [2.45, 2.75) is 26.7 Å². The first-order chi connectivity index (χ1) is 12.9. The van der Waals surface area contributed by atoms with Gasteiger partial charge in [-0.1, -0.05) is 25.4 Å². The summed E-state index contributed by atoms with van der Waals surface area (Å²) in [6.07, 6.45) is 4.54. The van der Waals surface area contributed by atoms with Gasteiger partial charge in [0.15, 0.2) is 12.4 Å². The molecule has 2 heterocycles. The Bertz CT molecular complexity index is 924. The van der Waals surface area contributed by atoms with Gasteiger partial charge < -0.3 is 10.1 Å². The Labute approximate surface area is 162 Å². The van der Waals surface area contributed by atoms with E-state index in [9.17, 15) is 4.79 Å². The first kappa shape index (κ1) is 18.8. The van der Waals surface area contributed by atoms with Crippen LogP contribution in [0.25, 0.3) is 5.82 Å². The number of nitrogens with zero attached hydrogens (tertiary/aromatic N) is 4. The van der Waals surface area contributed by atoms with Gasteiger partial charge in [0, 0.05) is 5.02 Å². The molecule has 140 valence electrons. The van der Waals surface area contributed by atoms with Crippen LogP contribution in [0.2, 0.25) is 5.02 Å². The van der Waals surface area contributed by atoms with Crippen LogP contribution in [0.3, 0.4) is 0 Å². The van der Waals surface area contributed by atoms with Crippen molar-refractivity contribution in [2.24, 2.45) is 0 Å². The molecule has 7 nitrogen and oxygen atoms in total. The molecule has 1 amide bonds. The van der Waals surface area contributed by atoms with Crippen LogP contribution >= 0.6 is 11.6 Å². The molecule has 0 unspecified atom stereocenters. The number of aryl methyl sites for hydroxylation is 1. The third kappa shape index (κ3) is 4.62. The number of benzene rings is 1. The Morgan fingerprint density at radius 3 is 2.78 bits per heavy atom. The van der Waals surface area contributed by atoms with E-state index in [0.717, 1.165) is 11.1 Å². The zero-order valence-electron chi connectivity index (χ0n) is 15.3. The second kappa shape index (κ2) is 8.18. The van der Waals surface area contributed by atoms with Gasteiger partial charge in [-0.3, -0.25) is 4.79 Å². The normalized spacial score (nSPS) is 10.9. The molecule has 8 heteroatoms. The van der Waals surface area contributed by atoms with E-state index >= 15 is 0 Å². The van der Waals surface area contributed by atoms with E-state index < -0.39 is 0 Å². The van der Waals surface area contributed by atoms with Crippen molar-refractivity contribution in [3.05, 3.63) is 59.3 Å². The quantitative estimate of drug-likeness (QED) is 0.698. The van der Waals surface area contributed by atoms with E-state index in [1.54, 1.807) is 24.7 Å². The summed E-state index contributed by atoms with van der Waals surface area (Å²) >= 11 is 6.20. The average molecular weight is 386 g/mol. The van der Waals surface area contributed by atoms with Gasteiger partial charge in [-0.2, -0.15) is 5.10 Å². The first-order valence-electron chi connectivity index (χ1n) is 8.48. The maximum Gasteiger partial charge on any atom is 0.262 e. The topological polar surface area (TPSA) is 81.9 Å². The van der Waals surface area contributed by atoms with Gasteiger partial charge in [0.2, 0.25) is 0 Å². The van der Waals surface area contributed by atoms with Gasteiger partial charge in [-0.05, 0) is 48.2 Å². The summed E-state index contributed by atoms with van der Waals surface area (Å²) in [5, 5.41) is 7.45. The second-order valence-electron chi connectivity index (χ2n) is 6.38. The third-order valence-corrected chi connectivity index (χ3v) is 4.36. The van der Waals surface area contributed by atoms with Crippen molar-refractivity contribution in [3.8, 4) is 11.6 Å². The Balaban J connectivity index is 1.62. The van der Waals surface area contributed by atoms with E-state index in [2.05, 4.69) is 34.2 Å². The van der Waals surface area contributed by atoms with Crippen LogP contribution in [0.1, 0.15) is 30.9 Å². The van der Waals surface area contributed by atoms with Crippen LogP contribution in [0, 0.1) is 6.92 Å². The highest BCUT2D eigenvalue weighted by atomic mass is 35.5. The predicted octanol–water partition coefficient (Wildman–Crippen LogP) is 3.77. The Hall–Kier alpha value is -2.93. The molecule has 1 aromatic carbocycles. The molecule has 0 bridgehead atoms. The number of hydrogen-bond acceptors (Lipinski definition) is 5. The van der Waals surface area contributed by atoms with Crippen molar-refractivity contribution >= 4 is 23.2 Å². The minimum absolute atomic E-state index is 0.106. The molecule has 2 aromatic heterocycles. The van der Waals surface area contributed by atoms with Crippen LogP contribution in [-0.2, 0) is 4.79 Å². The van der Waals surface area contributed by atoms with Crippen molar-refractivity contribution in [1.82, 2.24) is 19.7 Å². The van der Waals surface area contributed by atoms with Crippen molar-refractivity contribution in [2.75, 3.05) is 11.9 Å². The Morgan fingerprint density at radius 2 is 2.15 bits per heavy atom. The number of carbonyl (C=O) groups is 1. The van der Waals surface area contributed by atoms with E-state index in [4.69, 9.17) is 16.3 Å². The first-order valence-corrected chi connectivity index (χ1v) is 8.85. The van der Waals surface area contributed by atoms with Gasteiger partial charge in [-0.15, -0.1) is 0 Å². The molecular formula is C19H20ClN5O2. The molecule has 0 radical (unpaired) electrons. The zero-order valence-corrected chi connectivity index (χ0v) is 16.1. The molecule has 3 aromatic rings. The van der Waals surface area contributed by atoms with Gasteiger partial charge in [0.1, 0.15) is 18.4 Å². The van der Waals surface area contributed by atoms with Gasteiger partial charge in [-0.25, -0.2) is 14.6 Å². The number of ether oxygens (including phenoxy) is 1. The van der Waals surface area contributed by atoms with Crippen LogP contribution in [-0.4, -0.2) is 32.3 Å². The van der Waals surface area contributed by atoms with E-state index in [0.29, 0.717) is 22.3 Å². The Morgan fingerprint density at radius 1 is 1.33 bits per heavy atom. The number of amides is 1. The number of aromatic nitrogens is 4. The minimum Gasteiger partial charge on any atom is -0.483 e. The number of nitrogens with one attached hydrogen (secondary N) is 1. The molecule has 0 saturated carbocycles. The highest BCUT2D eigenvalue weighted by Gasteiger charge is 2.13. The van der Waals surface area contributed by atoms with Crippen LogP contribution in [0.4, 0.5) is 5.69 Å². The monoisotopic (exact) mass is 385 g/mol. The maximum absolute atomic E-state index is 12.2. The minimum atomic E-state index is -0.271. The number of halogens is 1. The van der Waals surface area contributed by atoms with Crippen molar-refractivity contribution in [1.29, 1.82) is 0 Å². The van der Waals surface area contributed by atoms with Crippen LogP contribution < -0.4 is 10.1 Å². The summed E-state index contributed by atoms with van der Waals surface area (Å²) in [4.78, 5) is 20.3. The van der Waals surface area contributed by atoms with E-state index in [1.165, 1.54) is 11.0 Å². The highest BCUT2D eigenvalue weighted by molar-refractivity contribution is 6.31. The van der Waals surface area contributed by atoms with Crippen LogP contribution in [0.5, 0.6) is 5.75 Å². The number of pyridine rings is 1. The van der Waals surface area contributed by atoms with Crippen LogP contribution in [0.15, 0.2) is 43.1 Å².